The van der Waals surface area contributed by atoms with E-state index >= 15 is 0 Å². The number of aromatic nitrogens is 2. The number of hydrogen-bond acceptors (Lipinski definition) is 6. The molecule has 31 heavy (non-hydrogen) atoms. The summed E-state index contributed by atoms with van der Waals surface area (Å²) in [5.41, 5.74) is 4.25. The highest BCUT2D eigenvalue weighted by molar-refractivity contribution is 9.10. The van der Waals surface area contributed by atoms with Crippen molar-refractivity contribution < 1.29 is 9.53 Å². The van der Waals surface area contributed by atoms with Gasteiger partial charge in [0.1, 0.15) is 16.6 Å². The third-order valence-corrected chi connectivity index (χ3v) is 7.38. The van der Waals surface area contributed by atoms with Crippen LogP contribution in [0, 0.1) is 5.92 Å². The Morgan fingerprint density at radius 1 is 1.48 bits per heavy atom. The Kier molecular flexibility index (Phi) is 6.24. The van der Waals surface area contributed by atoms with Crippen LogP contribution in [0.4, 0.5) is 0 Å². The molecule has 1 aromatic carbocycles. The maximum absolute atomic E-state index is 13.2. The predicted molar refractivity (Wildman–Crippen MR) is 126 cm³/mol. The average molecular weight is 503 g/mol. The van der Waals surface area contributed by atoms with Crippen molar-refractivity contribution in [2.45, 2.75) is 39.2 Å². The molecule has 0 radical (unpaired) electrons. The highest BCUT2D eigenvalue weighted by Crippen LogP contribution is 2.35. The smallest absolute Gasteiger partial charge is 0.263 e. The molecule has 0 saturated heterocycles. The Morgan fingerprint density at radius 2 is 2.29 bits per heavy atom. The number of benzene rings is 1. The van der Waals surface area contributed by atoms with E-state index in [1.165, 1.54) is 22.0 Å². The minimum atomic E-state index is -0.734. The molecule has 1 aliphatic carbocycles. The van der Waals surface area contributed by atoms with Gasteiger partial charge < -0.3 is 4.74 Å². The van der Waals surface area contributed by atoms with Crippen LogP contribution < -0.4 is 15.7 Å². The van der Waals surface area contributed by atoms with E-state index in [1.807, 2.05) is 12.1 Å². The molecule has 0 saturated carbocycles. The van der Waals surface area contributed by atoms with Crippen molar-refractivity contribution in [3.63, 3.8) is 0 Å². The van der Waals surface area contributed by atoms with E-state index in [9.17, 15) is 9.59 Å². The summed E-state index contributed by atoms with van der Waals surface area (Å²) < 4.78 is 7.38. The zero-order valence-electron chi connectivity index (χ0n) is 17.5. The topological polar surface area (TPSA) is 85.6 Å². The zero-order valence-corrected chi connectivity index (χ0v) is 19.9. The van der Waals surface area contributed by atoms with Gasteiger partial charge in [-0.3, -0.25) is 14.2 Å². The molecule has 3 aromatic rings. The van der Waals surface area contributed by atoms with Crippen LogP contribution in [0.1, 0.15) is 42.3 Å². The number of aryl methyl sites for hydroxylation is 1. The number of nitrogens with one attached hydrogen (secondary N) is 1. The Bertz CT molecular complexity index is 1230. The number of halogens is 1. The number of fused-ring (bicyclic) bond motifs is 3. The van der Waals surface area contributed by atoms with Crippen LogP contribution in [0.25, 0.3) is 10.2 Å². The maximum Gasteiger partial charge on any atom is 0.263 e. The van der Waals surface area contributed by atoms with Gasteiger partial charge in [0.15, 0.2) is 0 Å². The number of carbonyl (C=O) groups excluding carboxylic acids is 1. The Hall–Kier alpha value is -2.52. The van der Waals surface area contributed by atoms with Gasteiger partial charge in [-0.2, -0.15) is 5.10 Å². The molecule has 2 aromatic heterocycles. The van der Waals surface area contributed by atoms with Gasteiger partial charge in [0.2, 0.25) is 0 Å². The molecule has 4 rings (SSSR count). The van der Waals surface area contributed by atoms with E-state index in [1.54, 1.807) is 31.4 Å². The normalized spacial score (nSPS) is 17.0. The predicted octanol–water partition coefficient (Wildman–Crippen LogP) is 4.07. The van der Waals surface area contributed by atoms with E-state index in [4.69, 9.17) is 4.74 Å². The second-order valence-electron chi connectivity index (χ2n) is 7.79. The quantitative estimate of drug-likeness (QED) is 0.420. The summed E-state index contributed by atoms with van der Waals surface area (Å²) in [6, 6.07) is 4.73. The molecule has 1 amide bonds. The molecule has 162 valence electrons. The molecule has 2 heterocycles. The minimum absolute atomic E-state index is 0.164. The first-order valence-corrected chi connectivity index (χ1v) is 11.7. The second kappa shape index (κ2) is 8.92. The molecule has 2 atom stereocenters. The van der Waals surface area contributed by atoms with Gasteiger partial charge in [-0.15, -0.1) is 11.3 Å². The largest absolute Gasteiger partial charge is 0.496 e. The van der Waals surface area contributed by atoms with Gasteiger partial charge in [0.25, 0.3) is 11.5 Å². The lowest BCUT2D eigenvalue weighted by Crippen LogP contribution is -2.34. The fraction of sp³-hybridized carbons (Fsp3) is 0.364. The van der Waals surface area contributed by atoms with Crippen molar-refractivity contribution in [1.29, 1.82) is 0 Å². The number of methoxy groups -OCH3 is 1. The van der Waals surface area contributed by atoms with Gasteiger partial charge in [0, 0.05) is 4.88 Å². The zero-order chi connectivity index (χ0) is 22.1. The minimum Gasteiger partial charge on any atom is -0.496 e. The number of ether oxygens (including phenoxy) is 1. The fourth-order valence-electron chi connectivity index (χ4n) is 3.77. The molecule has 7 nitrogen and oxygen atoms in total. The first-order valence-electron chi connectivity index (χ1n) is 10.1. The fourth-order valence-corrected chi connectivity index (χ4v) is 5.67. The van der Waals surface area contributed by atoms with Gasteiger partial charge in [-0.05, 0) is 77.4 Å². The molecular weight excluding hydrogens is 480 g/mol. The van der Waals surface area contributed by atoms with Gasteiger partial charge in [-0.25, -0.2) is 10.4 Å². The van der Waals surface area contributed by atoms with E-state index in [2.05, 4.69) is 38.4 Å². The molecule has 1 aliphatic rings. The number of hydrogen-bond donors (Lipinski definition) is 1. The van der Waals surface area contributed by atoms with Crippen LogP contribution in [0.3, 0.4) is 0 Å². The van der Waals surface area contributed by atoms with Crippen molar-refractivity contribution in [3.8, 4) is 5.75 Å². The van der Waals surface area contributed by atoms with Crippen molar-refractivity contribution >= 4 is 49.6 Å². The van der Waals surface area contributed by atoms with E-state index in [-0.39, 0.29) is 11.5 Å². The van der Waals surface area contributed by atoms with Crippen LogP contribution in [0.15, 0.2) is 38.9 Å². The molecule has 0 fully saturated rings. The SMILES string of the molecule is COc1ccc(C=NNC(=O)[C@@H](C)n2cnc3sc4c(c3c2=O)CC[C@H](C)C4)cc1Br. The summed E-state index contributed by atoms with van der Waals surface area (Å²) in [4.78, 5) is 32.3. The Morgan fingerprint density at radius 3 is 3.03 bits per heavy atom. The Balaban J connectivity index is 1.53. The molecule has 0 unspecified atom stereocenters. The highest BCUT2D eigenvalue weighted by atomic mass is 79.9. The van der Waals surface area contributed by atoms with E-state index in [0.717, 1.165) is 39.7 Å². The first kappa shape index (κ1) is 21.7. The molecular formula is C22H23BrN4O3S. The van der Waals surface area contributed by atoms with Gasteiger partial charge in [-0.1, -0.05) is 6.92 Å². The third kappa shape index (κ3) is 4.29. The number of carbonyl (C=O) groups is 1. The molecule has 9 heteroatoms. The number of nitrogens with zero attached hydrogens (tertiary/aromatic N) is 3. The first-order chi connectivity index (χ1) is 14.9. The summed E-state index contributed by atoms with van der Waals surface area (Å²) >= 11 is 5.02. The van der Waals surface area contributed by atoms with E-state index < -0.39 is 6.04 Å². The molecule has 1 N–H and O–H groups in total. The van der Waals surface area contributed by atoms with E-state index in [0.29, 0.717) is 17.1 Å². The number of hydrazone groups is 1. The lowest BCUT2D eigenvalue weighted by atomic mass is 9.89. The third-order valence-electron chi connectivity index (χ3n) is 5.60. The number of thiophene rings is 1. The Labute approximate surface area is 192 Å². The van der Waals surface area contributed by atoms with Crippen LogP contribution in [0.5, 0.6) is 5.75 Å². The molecule has 0 aliphatic heterocycles. The summed E-state index contributed by atoms with van der Waals surface area (Å²) in [6.07, 6.45) is 5.95. The summed E-state index contributed by atoms with van der Waals surface area (Å²) in [6.45, 7) is 3.90. The maximum atomic E-state index is 13.2. The summed E-state index contributed by atoms with van der Waals surface area (Å²) in [7, 11) is 1.59. The van der Waals surface area contributed by atoms with Crippen molar-refractivity contribution in [2.24, 2.45) is 11.0 Å². The van der Waals surface area contributed by atoms with Gasteiger partial charge >= 0.3 is 0 Å². The van der Waals surface area contributed by atoms with Crippen LogP contribution in [-0.4, -0.2) is 28.8 Å². The molecule has 0 bridgehead atoms. The highest BCUT2D eigenvalue weighted by Gasteiger charge is 2.25. The lowest BCUT2D eigenvalue weighted by Gasteiger charge is -2.18. The van der Waals surface area contributed by atoms with Crippen LogP contribution in [0.2, 0.25) is 0 Å². The summed E-state index contributed by atoms with van der Waals surface area (Å²) in [5, 5.41) is 4.69. The van der Waals surface area contributed by atoms with Crippen molar-refractivity contribution in [3.05, 3.63) is 55.4 Å². The lowest BCUT2D eigenvalue weighted by molar-refractivity contribution is -0.123. The standard InChI is InChI=1S/C22H23BrN4O3S/c1-12-4-6-15-18(8-12)31-21-19(15)22(29)27(11-24-21)13(2)20(28)26-25-10-14-5-7-17(30-3)16(23)9-14/h5,7,9-13H,4,6,8H2,1-3H3,(H,26,28)/t12-,13+/m0/s1. The average Bonchev–Trinajstić information content (AvgIpc) is 3.12. The second-order valence-corrected chi connectivity index (χ2v) is 9.73. The number of rotatable bonds is 5. The van der Waals surface area contributed by atoms with Crippen LogP contribution in [-0.2, 0) is 17.6 Å². The molecule has 0 spiro atoms. The van der Waals surface area contributed by atoms with Crippen molar-refractivity contribution in [1.82, 2.24) is 15.0 Å². The van der Waals surface area contributed by atoms with Crippen LogP contribution >= 0.6 is 27.3 Å². The van der Waals surface area contributed by atoms with Crippen molar-refractivity contribution in [2.75, 3.05) is 7.11 Å². The number of amides is 1. The summed E-state index contributed by atoms with van der Waals surface area (Å²) in [5.74, 6) is 0.948. The monoisotopic (exact) mass is 502 g/mol. The van der Waals surface area contributed by atoms with Gasteiger partial charge in [0.05, 0.1) is 29.5 Å².